The van der Waals surface area contributed by atoms with Gasteiger partial charge in [-0.3, -0.25) is 9.69 Å². The minimum atomic E-state index is -0.357. The normalized spacial score (nSPS) is 19.0. The number of aliphatic imine (C=N–C) groups is 1. The fraction of sp³-hybridized carbons (Fsp3) is 0.120. The molecule has 166 valence electrons. The molecule has 0 aliphatic carbocycles. The molecule has 8 heteroatoms. The van der Waals surface area contributed by atoms with E-state index in [-0.39, 0.29) is 11.7 Å². The van der Waals surface area contributed by atoms with Gasteiger partial charge in [0, 0.05) is 16.5 Å². The number of aryl methyl sites for hydroxylation is 1. The number of rotatable bonds is 3. The van der Waals surface area contributed by atoms with E-state index < -0.39 is 0 Å². The Labute approximate surface area is 205 Å². The van der Waals surface area contributed by atoms with Gasteiger partial charge in [0.2, 0.25) is 0 Å². The van der Waals surface area contributed by atoms with Crippen LogP contribution in [0.1, 0.15) is 12.5 Å². The summed E-state index contributed by atoms with van der Waals surface area (Å²) in [5.74, 6) is -0.539. The lowest BCUT2D eigenvalue weighted by Gasteiger charge is -2.19. The summed E-state index contributed by atoms with van der Waals surface area (Å²) in [4.78, 5) is 23.8. The lowest BCUT2D eigenvalue weighted by atomic mass is 10.2. The van der Waals surface area contributed by atoms with E-state index in [4.69, 9.17) is 16.6 Å². The summed E-state index contributed by atoms with van der Waals surface area (Å²) < 4.78 is 13.6. The Morgan fingerprint density at radius 1 is 1.03 bits per heavy atom. The number of hydrogen-bond acceptors (Lipinski definition) is 5. The zero-order valence-corrected chi connectivity index (χ0v) is 20.3. The number of halogens is 2. The molecule has 0 aromatic heterocycles. The van der Waals surface area contributed by atoms with Crippen LogP contribution in [-0.4, -0.2) is 17.6 Å². The van der Waals surface area contributed by atoms with E-state index in [9.17, 15) is 9.18 Å². The van der Waals surface area contributed by atoms with Gasteiger partial charge in [0.25, 0.3) is 5.91 Å². The first-order valence-electron chi connectivity index (χ1n) is 10.4. The maximum Gasteiger partial charge on any atom is 0.274 e. The molecule has 2 aliphatic rings. The van der Waals surface area contributed by atoms with Crippen molar-refractivity contribution in [3.63, 3.8) is 0 Å². The smallest absolute Gasteiger partial charge is 0.274 e. The minimum Gasteiger partial charge on any atom is -0.334 e. The molecule has 2 aliphatic heterocycles. The molecule has 0 N–H and O–H groups in total. The van der Waals surface area contributed by atoms with Gasteiger partial charge in [0.15, 0.2) is 5.17 Å². The molecule has 0 unspecified atom stereocenters. The molecule has 33 heavy (non-hydrogen) atoms. The highest BCUT2D eigenvalue weighted by molar-refractivity contribution is 8.20. The van der Waals surface area contributed by atoms with Crippen LogP contribution in [0.3, 0.4) is 0 Å². The summed E-state index contributed by atoms with van der Waals surface area (Å²) in [6.45, 7) is 4.73. The van der Waals surface area contributed by atoms with Crippen LogP contribution in [0.15, 0.2) is 86.6 Å². The zero-order valence-electron chi connectivity index (χ0n) is 17.9. The third-order valence-corrected chi connectivity index (χ3v) is 7.84. The minimum absolute atomic E-state index is 0.183. The molecule has 3 aromatic carbocycles. The summed E-state index contributed by atoms with van der Waals surface area (Å²) in [6, 6.07) is 19.4. The third-order valence-electron chi connectivity index (χ3n) is 5.27. The van der Waals surface area contributed by atoms with E-state index in [1.54, 1.807) is 28.8 Å². The van der Waals surface area contributed by atoms with E-state index >= 15 is 0 Å². The van der Waals surface area contributed by atoms with Crippen molar-refractivity contribution in [2.75, 3.05) is 16.3 Å². The highest BCUT2D eigenvalue weighted by Gasteiger charge is 2.40. The molecule has 0 saturated carbocycles. The van der Waals surface area contributed by atoms with Crippen LogP contribution in [0.4, 0.5) is 21.5 Å². The number of carbonyl (C=O) groups is 1. The van der Waals surface area contributed by atoms with E-state index in [2.05, 4.69) is 4.90 Å². The van der Waals surface area contributed by atoms with E-state index in [1.807, 2.05) is 56.3 Å². The van der Waals surface area contributed by atoms with Gasteiger partial charge >= 0.3 is 0 Å². The van der Waals surface area contributed by atoms with Crippen molar-refractivity contribution in [1.29, 1.82) is 0 Å². The highest BCUT2D eigenvalue weighted by Crippen LogP contribution is 2.51. The number of benzene rings is 3. The van der Waals surface area contributed by atoms with Gasteiger partial charge in [-0.2, -0.15) is 0 Å². The van der Waals surface area contributed by atoms with Crippen molar-refractivity contribution in [2.24, 2.45) is 4.99 Å². The molecule has 3 aromatic rings. The summed E-state index contributed by atoms with van der Waals surface area (Å²) >= 11 is 9.13. The molecule has 0 atom stereocenters. The second kappa shape index (κ2) is 8.89. The number of anilines is 2. The number of amidine groups is 1. The molecule has 1 amide bonds. The van der Waals surface area contributed by atoms with Gasteiger partial charge in [-0.25, -0.2) is 9.38 Å². The van der Waals surface area contributed by atoms with Crippen molar-refractivity contribution < 1.29 is 9.18 Å². The summed E-state index contributed by atoms with van der Waals surface area (Å²) in [7, 11) is 0. The number of thioether (sulfide) groups is 2. The average molecular weight is 496 g/mol. The maximum absolute atomic E-state index is 13.7. The highest BCUT2D eigenvalue weighted by atomic mass is 35.5. The monoisotopic (exact) mass is 495 g/mol. The quantitative estimate of drug-likeness (QED) is 0.356. The summed E-state index contributed by atoms with van der Waals surface area (Å²) in [6.07, 6.45) is 0. The van der Waals surface area contributed by atoms with Gasteiger partial charge in [-0.1, -0.05) is 35.5 Å². The molecule has 5 rings (SSSR count). The topological polar surface area (TPSA) is 35.9 Å². The number of carbonyl (C=O) groups excluding carboxylic acids is 1. The van der Waals surface area contributed by atoms with Crippen LogP contribution in [-0.2, 0) is 4.79 Å². The van der Waals surface area contributed by atoms with Crippen LogP contribution in [0.25, 0.3) is 0 Å². The third kappa shape index (κ3) is 4.16. The molecule has 1 saturated heterocycles. The van der Waals surface area contributed by atoms with Crippen molar-refractivity contribution >= 4 is 63.3 Å². The molecule has 0 spiro atoms. The van der Waals surface area contributed by atoms with Crippen molar-refractivity contribution in [3.8, 4) is 0 Å². The van der Waals surface area contributed by atoms with Crippen LogP contribution in [0.2, 0.25) is 5.02 Å². The fourth-order valence-corrected chi connectivity index (χ4v) is 6.28. The Kier molecular flexibility index (Phi) is 5.95. The Bertz CT molecular complexity index is 1320. The first kappa shape index (κ1) is 22.1. The van der Waals surface area contributed by atoms with E-state index in [0.717, 1.165) is 26.9 Å². The molecular weight excluding hydrogens is 477 g/mol. The van der Waals surface area contributed by atoms with Crippen LogP contribution in [0.5, 0.6) is 0 Å². The molecule has 0 bridgehead atoms. The van der Waals surface area contributed by atoms with Crippen LogP contribution >= 0.6 is 35.1 Å². The Hall–Kier alpha value is -2.74. The maximum atomic E-state index is 13.7. The molecule has 1 fully saturated rings. The van der Waals surface area contributed by atoms with Crippen molar-refractivity contribution in [2.45, 2.75) is 18.7 Å². The van der Waals surface area contributed by atoms with Gasteiger partial charge in [-0.15, -0.1) is 0 Å². The molecular formula is C25H19ClFN3OS2. The lowest BCUT2D eigenvalue weighted by molar-refractivity contribution is -0.113. The lowest BCUT2D eigenvalue weighted by Crippen LogP contribution is -2.29. The zero-order chi connectivity index (χ0) is 23.1. The largest absolute Gasteiger partial charge is 0.334 e. The molecule has 4 nitrogen and oxygen atoms in total. The SMILES string of the molecule is CCN1C(=C2SC(=Nc3cccc(C)c3)N(c3ccc(F)cc3)C2=O)Sc2ccc(Cl)cc21. The predicted molar refractivity (Wildman–Crippen MR) is 137 cm³/mol. The van der Waals surface area contributed by atoms with Gasteiger partial charge < -0.3 is 4.90 Å². The van der Waals surface area contributed by atoms with Crippen molar-refractivity contribution in [1.82, 2.24) is 0 Å². The molecule has 0 radical (unpaired) electrons. The first-order chi connectivity index (χ1) is 15.9. The van der Waals surface area contributed by atoms with Crippen LogP contribution in [0, 0.1) is 12.7 Å². The van der Waals surface area contributed by atoms with E-state index in [1.165, 1.54) is 23.9 Å². The second-order valence-corrected chi connectivity index (χ2v) is 9.99. The number of fused-ring (bicyclic) bond motifs is 1. The van der Waals surface area contributed by atoms with E-state index in [0.29, 0.717) is 27.3 Å². The Morgan fingerprint density at radius 2 is 1.82 bits per heavy atom. The molecule has 2 heterocycles. The second-order valence-electron chi connectivity index (χ2n) is 7.55. The average Bonchev–Trinajstić information content (AvgIpc) is 3.31. The number of hydrogen-bond donors (Lipinski definition) is 0. The van der Waals surface area contributed by atoms with Gasteiger partial charge in [0.05, 0.1) is 17.1 Å². The standard InChI is InChI=1S/C25H19ClFN3OS2/c1-3-29-20-14-16(26)7-12-21(20)32-24(29)22-23(31)30(19-10-8-17(27)9-11-19)25(33-22)28-18-6-4-5-15(2)13-18/h4-14H,3H2,1-2H3. The van der Waals surface area contributed by atoms with Crippen molar-refractivity contribution in [3.05, 3.63) is 93.1 Å². The summed E-state index contributed by atoms with van der Waals surface area (Å²) in [5.41, 5.74) is 3.39. The Balaban J connectivity index is 1.63. The van der Waals surface area contributed by atoms with Crippen LogP contribution < -0.4 is 9.80 Å². The van der Waals surface area contributed by atoms with Gasteiger partial charge in [0.1, 0.15) is 15.8 Å². The number of nitrogens with zero attached hydrogens (tertiary/aromatic N) is 3. The van der Waals surface area contributed by atoms with Gasteiger partial charge in [-0.05, 0) is 85.8 Å². The fourth-order valence-electron chi connectivity index (χ4n) is 3.74. The predicted octanol–water partition coefficient (Wildman–Crippen LogP) is 7.36. The Morgan fingerprint density at radius 3 is 2.55 bits per heavy atom. The summed E-state index contributed by atoms with van der Waals surface area (Å²) in [5, 5.41) is 2.04. The number of amides is 1. The first-order valence-corrected chi connectivity index (χ1v) is 12.4.